The van der Waals surface area contributed by atoms with Crippen LogP contribution in [-0.2, 0) is 6.54 Å². The van der Waals surface area contributed by atoms with E-state index in [0.717, 1.165) is 58.9 Å². The lowest BCUT2D eigenvalue weighted by atomic mass is 10.1. The number of aromatic nitrogens is 3. The van der Waals surface area contributed by atoms with Crippen molar-refractivity contribution in [3.05, 3.63) is 53.6 Å². The molecule has 0 atom stereocenters. The average Bonchev–Trinajstić information content (AvgIpc) is 3.07. The van der Waals surface area contributed by atoms with Crippen molar-refractivity contribution >= 4 is 40.0 Å². The summed E-state index contributed by atoms with van der Waals surface area (Å²) in [5.41, 5.74) is 10.3. The number of unbranched alkanes of at least 4 members (excludes halogenated alkanes) is 1. The smallest absolute Gasteiger partial charge is 0.222 e. The fraction of sp³-hybridized carbons (Fsp3) is 0.261. The molecule has 4 rings (SSSR count). The highest BCUT2D eigenvalue weighted by atomic mass is 16.5. The van der Waals surface area contributed by atoms with E-state index in [9.17, 15) is 4.79 Å². The second-order valence-electron chi connectivity index (χ2n) is 7.20. The summed E-state index contributed by atoms with van der Waals surface area (Å²) in [7, 11) is 1.63. The van der Waals surface area contributed by atoms with Crippen LogP contribution in [0.1, 0.15) is 35.7 Å². The second kappa shape index (κ2) is 8.41. The van der Waals surface area contributed by atoms with Gasteiger partial charge in [-0.2, -0.15) is 4.98 Å². The fourth-order valence-corrected chi connectivity index (χ4v) is 3.78. The first kappa shape index (κ1) is 19.7. The van der Waals surface area contributed by atoms with Crippen molar-refractivity contribution in [1.29, 1.82) is 0 Å². The number of nitrogens with zero attached hydrogens (tertiary/aromatic N) is 3. The summed E-state index contributed by atoms with van der Waals surface area (Å²) in [6.45, 7) is 3.45. The van der Waals surface area contributed by atoms with Crippen LogP contribution in [0.2, 0.25) is 0 Å². The highest BCUT2D eigenvalue weighted by molar-refractivity contribution is 6.09. The topological polar surface area (TPSA) is 95.1 Å². The van der Waals surface area contributed by atoms with Crippen LogP contribution in [0.3, 0.4) is 0 Å². The van der Waals surface area contributed by atoms with Crippen LogP contribution in [0, 0.1) is 0 Å². The van der Waals surface area contributed by atoms with Gasteiger partial charge in [-0.05, 0) is 30.7 Å². The highest BCUT2D eigenvalue weighted by Gasteiger charge is 2.18. The third-order valence-corrected chi connectivity index (χ3v) is 5.21. The zero-order valence-corrected chi connectivity index (χ0v) is 17.2. The Hall–Kier alpha value is -3.61. The molecule has 7 nitrogen and oxygen atoms in total. The van der Waals surface area contributed by atoms with Crippen LogP contribution in [0.4, 0.5) is 11.8 Å². The van der Waals surface area contributed by atoms with Gasteiger partial charge in [0.2, 0.25) is 5.95 Å². The Morgan fingerprint density at radius 2 is 2.03 bits per heavy atom. The Morgan fingerprint density at radius 3 is 2.80 bits per heavy atom. The monoisotopic (exact) mass is 403 g/mol. The van der Waals surface area contributed by atoms with Gasteiger partial charge in [0.15, 0.2) is 5.82 Å². The maximum Gasteiger partial charge on any atom is 0.222 e. The number of anilines is 2. The Bertz CT molecular complexity index is 1220. The van der Waals surface area contributed by atoms with Crippen LogP contribution in [-0.4, -0.2) is 34.5 Å². The van der Waals surface area contributed by atoms with Gasteiger partial charge in [0.25, 0.3) is 0 Å². The first-order chi connectivity index (χ1) is 14.7. The van der Waals surface area contributed by atoms with E-state index in [1.54, 1.807) is 13.2 Å². The number of rotatable bonds is 8. The first-order valence-electron chi connectivity index (χ1n) is 10.1. The summed E-state index contributed by atoms with van der Waals surface area (Å²) < 4.78 is 7.71. The number of aldehydes is 1. The zero-order valence-electron chi connectivity index (χ0n) is 17.2. The molecule has 0 saturated carbocycles. The van der Waals surface area contributed by atoms with Crippen LogP contribution in [0.15, 0.2) is 42.5 Å². The minimum atomic E-state index is 0.241. The lowest BCUT2D eigenvalue weighted by Gasteiger charge is -2.14. The molecule has 2 aromatic heterocycles. The Balaban J connectivity index is 1.95. The van der Waals surface area contributed by atoms with Crippen molar-refractivity contribution in [2.24, 2.45) is 0 Å². The number of hydrogen-bond acceptors (Lipinski definition) is 6. The van der Waals surface area contributed by atoms with Gasteiger partial charge in [0.05, 0.1) is 19.2 Å². The normalized spacial score (nSPS) is 11.1. The Labute approximate surface area is 174 Å². The summed E-state index contributed by atoms with van der Waals surface area (Å²) in [6.07, 6.45) is 2.95. The first-order valence-corrected chi connectivity index (χ1v) is 10.1. The lowest BCUT2D eigenvalue weighted by Crippen LogP contribution is -2.09. The third-order valence-electron chi connectivity index (χ3n) is 5.21. The largest absolute Gasteiger partial charge is 0.496 e. The molecule has 0 amide bonds. The van der Waals surface area contributed by atoms with Crippen LogP contribution in [0.5, 0.6) is 5.75 Å². The van der Waals surface area contributed by atoms with E-state index in [-0.39, 0.29) is 5.95 Å². The number of nitrogen functional groups attached to an aromatic ring is 1. The molecule has 30 heavy (non-hydrogen) atoms. The second-order valence-corrected chi connectivity index (χ2v) is 7.20. The molecule has 0 bridgehead atoms. The number of ether oxygens (including phenoxy) is 1. The number of benzene rings is 2. The van der Waals surface area contributed by atoms with Crippen molar-refractivity contribution in [1.82, 2.24) is 14.5 Å². The maximum atomic E-state index is 11.3. The van der Waals surface area contributed by atoms with Gasteiger partial charge >= 0.3 is 0 Å². The molecular weight excluding hydrogens is 378 g/mol. The minimum Gasteiger partial charge on any atom is -0.496 e. The molecule has 0 aliphatic rings. The average molecular weight is 403 g/mol. The molecule has 4 aromatic rings. The van der Waals surface area contributed by atoms with E-state index in [0.29, 0.717) is 17.9 Å². The van der Waals surface area contributed by atoms with Gasteiger partial charge in [-0.3, -0.25) is 4.79 Å². The molecule has 2 heterocycles. The van der Waals surface area contributed by atoms with Gasteiger partial charge in [-0.1, -0.05) is 31.5 Å². The summed E-state index contributed by atoms with van der Waals surface area (Å²) in [6, 6.07) is 13.5. The summed E-state index contributed by atoms with van der Waals surface area (Å²) in [5, 5.41) is 4.43. The number of carbonyl (C=O) groups excluding carboxylic acids is 1. The maximum absolute atomic E-state index is 11.3. The van der Waals surface area contributed by atoms with Gasteiger partial charge < -0.3 is 20.4 Å². The molecule has 7 heteroatoms. The molecule has 0 aliphatic heterocycles. The van der Waals surface area contributed by atoms with Crippen molar-refractivity contribution in [2.45, 2.75) is 26.3 Å². The predicted octanol–water partition coefficient (Wildman–Crippen LogP) is 4.25. The molecule has 154 valence electrons. The lowest BCUT2D eigenvalue weighted by molar-refractivity contribution is 0.112. The Kier molecular flexibility index (Phi) is 5.52. The van der Waals surface area contributed by atoms with Gasteiger partial charge in [0, 0.05) is 23.1 Å². The number of nitrogens with two attached hydrogens (primary N) is 1. The quantitative estimate of drug-likeness (QED) is 0.337. The summed E-state index contributed by atoms with van der Waals surface area (Å²) in [4.78, 5) is 20.4. The standard InChI is InChI=1S/C23H25N5O2/c1-3-4-11-25-22-21-20(26-23(24)27-22)17-7-5-6-8-18(17)28(21)13-16-12-15(14-29)9-10-19(16)30-2/h5-10,12,14H,3-4,11,13H2,1-2H3,(H3,24,25,26,27). The fourth-order valence-electron chi connectivity index (χ4n) is 3.78. The van der Waals surface area contributed by atoms with E-state index < -0.39 is 0 Å². The van der Waals surface area contributed by atoms with Crippen molar-refractivity contribution in [3.8, 4) is 5.75 Å². The molecular formula is C23H25N5O2. The van der Waals surface area contributed by atoms with Crippen molar-refractivity contribution < 1.29 is 9.53 Å². The van der Waals surface area contributed by atoms with E-state index in [2.05, 4.69) is 32.8 Å². The zero-order chi connectivity index (χ0) is 21.1. The molecule has 0 radical (unpaired) electrons. The Morgan fingerprint density at radius 1 is 1.20 bits per heavy atom. The van der Waals surface area contributed by atoms with Crippen molar-refractivity contribution in [3.63, 3.8) is 0 Å². The number of nitrogens with one attached hydrogen (secondary N) is 1. The molecule has 0 spiro atoms. The van der Waals surface area contributed by atoms with Crippen molar-refractivity contribution in [2.75, 3.05) is 24.7 Å². The molecule has 0 saturated heterocycles. The summed E-state index contributed by atoms with van der Waals surface area (Å²) >= 11 is 0. The SMILES string of the molecule is CCCCNc1nc(N)nc2c3ccccc3n(Cc3cc(C=O)ccc3OC)c12. The van der Waals surface area contributed by atoms with Crippen LogP contribution < -0.4 is 15.8 Å². The van der Waals surface area contributed by atoms with Crippen LogP contribution in [0.25, 0.3) is 21.9 Å². The van der Waals surface area contributed by atoms with E-state index in [1.165, 1.54) is 0 Å². The van der Waals surface area contributed by atoms with E-state index in [1.807, 2.05) is 30.3 Å². The molecule has 0 aliphatic carbocycles. The highest BCUT2D eigenvalue weighted by Crippen LogP contribution is 2.34. The third kappa shape index (κ3) is 3.54. The van der Waals surface area contributed by atoms with Gasteiger partial charge in [-0.25, -0.2) is 4.98 Å². The van der Waals surface area contributed by atoms with E-state index in [4.69, 9.17) is 10.5 Å². The number of fused-ring (bicyclic) bond motifs is 3. The predicted molar refractivity (Wildman–Crippen MR) is 120 cm³/mol. The molecule has 0 fully saturated rings. The van der Waals surface area contributed by atoms with Gasteiger partial charge in [0.1, 0.15) is 23.1 Å². The van der Waals surface area contributed by atoms with Gasteiger partial charge in [-0.15, -0.1) is 0 Å². The summed E-state index contributed by atoms with van der Waals surface area (Å²) in [5.74, 6) is 1.68. The minimum absolute atomic E-state index is 0.241. The number of para-hydroxylation sites is 1. The number of methoxy groups -OCH3 is 1. The van der Waals surface area contributed by atoms with Crippen LogP contribution >= 0.6 is 0 Å². The van der Waals surface area contributed by atoms with E-state index >= 15 is 0 Å². The number of hydrogen-bond donors (Lipinski definition) is 2. The molecule has 0 unspecified atom stereocenters. The molecule has 2 aromatic carbocycles. The molecule has 3 N–H and O–H groups in total. The number of carbonyl (C=O) groups is 1.